The van der Waals surface area contributed by atoms with Gasteiger partial charge in [0, 0.05) is 17.0 Å². The highest BCUT2D eigenvalue weighted by Gasteiger charge is 2.16. The van der Waals surface area contributed by atoms with E-state index in [-0.39, 0.29) is 11.4 Å². The van der Waals surface area contributed by atoms with Crippen molar-refractivity contribution in [2.45, 2.75) is 20.8 Å². The summed E-state index contributed by atoms with van der Waals surface area (Å²) in [7, 11) is 0. The molecule has 0 saturated heterocycles. The second kappa shape index (κ2) is 7.40. The summed E-state index contributed by atoms with van der Waals surface area (Å²) < 4.78 is 1.35. The zero-order chi connectivity index (χ0) is 20.5. The summed E-state index contributed by atoms with van der Waals surface area (Å²) in [4.78, 5) is 17.7. The van der Waals surface area contributed by atoms with Crippen molar-refractivity contribution < 1.29 is 5.11 Å². The summed E-state index contributed by atoms with van der Waals surface area (Å²) in [6.07, 6.45) is 1.63. The van der Waals surface area contributed by atoms with E-state index in [1.165, 1.54) is 4.57 Å². The molecule has 0 saturated carbocycles. The van der Waals surface area contributed by atoms with Gasteiger partial charge in [-0.2, -0.15) is 0 Å². The third-order valence-electron chi connectivity index (χ3n) is 5.20. The molecular weight excluding hydrogens is 360 g/mol. The van der Waals surface area contributed by atoms with E-state index in [9.17, 15) is 9.90 Å². The molecule has 4 aromatic rings. The number of rotatable bonds is 3. The Hall–Kier alpha value is -3.66. The van der Waals surface area contributed by atoms with E-state index in [1.54, 1.807) is 12.3 Å². The summed E-state index contributed by atoms with van der Waals surface area (Å²) in [5.74, 6) is -0.117. The lowest BCUT2D eigenvalue weighted by molar-refractivity contribution is 0.436. The number of hydrogen-bond donors (Lipinski definition) is 1. The molecule has 0 unspecified atom stereocenters. The first kappa shape index (κ1) is 18.7. The maximum atomic E-state index is 13.2. The molecule has 1 N–H and O–H groups in total. The van der Waals surface area contributed by atoms with Crippen molar-refractivity contribution >= 4 is 22.7 Å². The highest BCUT2D eigenvalue weighted by atomic mass is 16.3. The van der Waals surface area contributed by atoms with Gasteiger partial charge in [-0.25, -0.2) is 4.57 Å². The minimum absolute atomic E-state index is 0.117. The summed E-state index contributed by atoms with van der Waals surface area (Å²) in [5.41, 5.74) is 4.96. The fraction of sp³-hybridized carbons (Fsp3) is 0.120. The topological polar surface area (TPSA) is 54.6 Å². The van der Waals surface area contributed by atoms with Gasteiger partial charge in [0.25, 0.3) is 5.56 Å². The van der Waals surface area contributed by atoms with Crippen LogP contribution in [0.3, 0.4) is 0 Å². The van der Waals surface area contributed by atoms with Crippen molar-refractivity contribution in [3.8, 4) is 11.6 Å². The second-order valence-corrected chi connectivity index (χ2v) is 7.29. The molecule has 0 aliphatic rings. The first-order valence-electron chi connectivity index (χ1n) is 9.51. The Labute approximate surface area is 169 Å². The van der Waals surface area contributed by atoms with Crippen LogP contribution in [0.15, 0.2) is 76.5 Å². The van der Waals surface area contributed by atoms with Crippen molar-refractivity contribution in [1.29, 1.82) is 0 Å². The van der Waals surface area contributed by atoms with Crippen LogP contribution in [0.1, 0.15) is 22.3 Å². The first-order valence-corrected chi connectivity index (χ1v) is 9.51. The van der Waals surface area contributed by atoms with Crippen LogP contribution in [-0.4, -0.2) is 15.9 Å². The van der Waals surface area contributed by atoms with Gasteiger partial charge in [0.15, 0.2) is 0 Å². The molecule has 3 aromatic carbocycles. The fourth-order valence-corrected chi connectivity index (χ4v) is 3.44. The SMILES string of the molecule is Cc1cccc(N=Cc2c(O)n(-c3ccc(C)c(C)c3)c(=O)c3ccccc23)c1. The average Bonchev–Trinajstić information content (AvgIpc) is 2.71. The van der Waals surface area contributed by atoms with Crippen LogP contribution < -0.4 is 5.56 Å². The highest BCUT2D eigenvalue weighted by Crippen LogP contribution is 2.27. The van der Waals surface area contributed by atoms with Gasteiger partial charge in [-0.1, -0.05) is 36.4 Å². The van der Waals surface area contributed by atoms with Crippen molar-refractivity contribution in [2.24, 2.45) is 4.99 Å². The lowest BCUT2D eigenvalue weighted by Crippen LogP contribution is -2.20. The predicted molar refractivity (Wildman–Crippen MR) is 119 cm³/mol. The second-order valence-electron chi connectivity index (χ2n) is 7.29. The molecule has 29 heavy (non-hydrogen) atoms. The molecular formula is C25H22N2O2. The Morgan fingerprint density at radius 3 is 2.34 bits per heavy atom. The lowest BCUT2D eigenvalue weighted by atomic mass is 10.1. The Morgan fingerprint density at radius 1 is 0.862 bits per heavy atom. The van der Waals surface area contributed by atoms with Crippen LogP contribution in [0, 0.1) is 20.8 Å². The van der Waals surface area contributed by atoms with Gasteiger partial charge in [-0.15, -0.1) is 0 Å². The Morgan fingerprint density at radius 2 is 1.62 bits per heavy atom. The summed E-state index contributed by atoms with van der Waals surface area (Å²) in [6, 6.07) is 20.8. The van der Waals surface area contributed by atoms with Crippen molar-refractivity contribution in [1.82, 2.24) is 4.57 Å². The van der Waals surface area contributed by atoms with Crippen LogP contribution in [0.2, 0.25) is 0 Å². The molecule has 0 fully saturated rings. The highest BCUT2D eigenvalue weighted by molar-refractivity contribution is 6.02. The van der Waals surface area contributed by atoms with Gasteiger partial charge in [-0.3, -0.25) is 9.79 Å². The molecule has 4 heteroatoms. The molecule has 4 rings (SSSR count). The van der Waals surface area contributed by atoms with Crippen molar-refractivity contribution in [3.63, 3.8) is 0 Å². The van der Waals surface area contributed by atoms with E-state index in [2.05, 4.69) is 4.99 Å². The number of aromatic nitrogens is 1. The molecule has 1 heterocycles. The fourth-order valence-electron chi connectivity index (χ4n) is 3.44. The molecule has 0 radical (unpaired) electrons. The monoisotopic (exact) mass is 382 g/mol. The Bertz CT molecular complexity index is 1320. The van der Waals surface area contributed by atoms with E-state index in [4.69, 9.17) is 0 Å². The quantitative estimate of drug-likeness (QED) is 0.484. The van der Waals surface area contributed by atoms with E-state index >= 15 is 0 Å². The standard InChI is InChI=1S/C25H22N2O2/c1-16-7-6-8-19(13-16)26-15-23-21-9-4-5-10-22(21)24(28)27(25(23)29)20-12-11-17(2)18(3)14-20/h4-15,29H,1-3H3. The molecule has 0 aliphatic carbocycles. The Balaban J connectivity index is 1.98. The number of pyridine rings is 1. The molecule has 0 aliphatic heterocycles. The number of benzene rings is 3. The molecule has 4 nitrogen and oxygen atoms in total. The van der Waals surface area contributed by atoms with E-state index in [1.807, 2.05) is 81.4 Å². The minimum Gasteiger partial charge on any atom is -0.494 e. The van der Waals surface area contributed by atoms with Gasteiger partial charge in [-0.05, 0) is 67.8 Å². The normalized spacial score (nSPS) is 11.4. The predicted octanol–water partition coefficient (Wildman–Crippen LogP) is 5.37. The first-order chi connectivity index (χ1) is 14.0. The van der Waals surface area contributed by atoms with E-state index in [0.29, 0.717) is 22.0 Å². The summed E-state index contributed by atoms with van der Waals surface area (Å²) >= 11 is 0. The van der Waals surface area contributed by atoms with Gasteiger partial charge >= 0.3 is 0 Å². The third-order valence-corrected chi connectivity index (χ3v) is 5.20. The summed E-state index contributed by atoms with van der Waals surface area (Å²) in [6.45, 7) is 6.01. The Kier molecular flexibility index (Phi) is 4.77. The molecule has 0 atom stereocenters. The third kappa shape index (κ3) is 3.45. The van der Waals surface area contributed by atoms with Crippen LogP contribution >= 0.6 is 0 Å². The molecule has 1 aromatic heterocycles. The van der Waals surface area contributed by atoms with Gasteiger partial charge in [0.2, 0.25) is 5.88 Å². The molecule has 144 valence electrons. The smallest absolute Gasteiger partial charge is 0.265 e. The maximum Gasteiger partial charge on any atom is 0.265 e. The number of aliphatic imine (C=N–C) groups is 1. The van der Waals surface area contributed by atoms with Crippen LogP contribution in [0.25, 0.3) is 16.5 Å². The number of fused-ring (bicyclic) bond motifs is 1. The molecule has 0 amide bonds. The van der Waals surface area contributed by atoms with Gasteiger partial charge in [0.05, 0.1) is 16.9 Å². The van der Waals surface area contributed by atoms with Gasteiger partial charge in [0.1, 0.15) is 0 Å². The number of hydrogen-bond acceptors (Lipinski definition) is 3. The van der Waals surface area contributed by atoms with Gasteiger partial charge < -0.3 is 5.11 Å². The van der Waals surface area contributed by atoms with Crippen LogP contribution in [0.4, 0.5) is 5.69 Å². The number of aromatic hydroxyl groups is 1. The molecule has 0 spiro atoms. The maximum absolute atomic E-state index is 13.2. The van der Waals surface area contributed by atoms with E-state index < -0.39 is 0 Å². The number of aryl methyl sites for hydroxylation is 3. The number of nitrogens with zero attached hydrogens (tertiary/aromatic N) is 2. The lowest BCUT2D eigenvalue weighted by Gasteiger charge is -2.14. The van der Waals surface area contributed by atoms with Crippen LogP contribution in [-0.2, 0) is 0 Å². The average molecular weight is 382 g/mol. The summed E-state index contributed by atoms with van der Waals surface area (Å²) in [5, 5.41) is 12.3. The molecule has 0 bridgehead atoms. The largest absolute Gasteiger partial charge is 0.494 e. The van der Waals surface area contributed by atoms with Crippen LogP contribution in [0.5, 0.6) is 5.88 Å². The van der Waals surface area contributed by atoms with Crippen molar-refractivity contribution in [2.75, 3.05) is 0 Å². The van der Waals surface area contributed by atoms with E-state index in [0.717, 1.165) is 22.4 Å². The van der Waals surface area contributed by atoms with Crippen molar-refractivity contribution in [3.05, 3.63) is 99.3 Å². The minimum atomic E-state index is -0.256. The zero-order valence-corrected chi connectivity index (χ0v) is 16.7. The zero-order valence-electron chi connectivity index (χ0n) is 16.7.